The number of aliphatic hydroxyl groups excluding tert-OH is 1. The van der Waals surface area contributed by atoms with Crippen molar-refractivity contribution in [2.45, 2.75) is 58.8 Å². The molecular formula is C20H30O5. The predicted octanol–water partition coefficient (Wildman–Crippen LogP) is 2.99. The second-order valence-corrected chi connectivity index (χ2v) is 6.63. The summed E-state index contributed by atoms with van der Waals surface area (Å²) in [5, 5.41) is 10.5. The summed E-state index contributed by atoms with van der Waals surface area (Å²) in [5.41, 5.74) is 0.742. The fourth-order valence-corrected chi connectivity index (χ4v) is 2.81. The lowest BCUT2D eigenvalue weighted by molar-refractivity contribution is -0.145. The molecule has 1 rings (SSSR count). The van der Waals surface area contributed by atoms with Gasteiger partial charge >= 0.3 is 5.97 Å². The Labute approximate surface area is 150 Å². The van der Waals surface area contributed by atoms with E-state index in [4.69, 9.17) is 9.47 Å². The van der Waals surface area contributed by atoms with Crippen LogP contribution in [-0.4, -0.2) is 42.3 Å². The first-order valence-corrected chi connectivity index (χ1v) is 8.71. The normalized spacial score (nSPS) is 34.8. The first-order chi connectivity index (χ1) is 11.8. The number of carbonyl (C=O) groups is 2. The monoisotopic (exact) mass is 350 g/mol. The van der Waals surface area contributed by atoms with E-state index in [1.807, 2.05) is 32.1 Å². The molecule has 0 amide bonds. The van der Waals surface area contributed by atoms with Crippen LogP contribution in [0.3, 0.4) is 0 Å². The van der Waals surface area contributed by atoms with Crippen molar-refractivity contribution in [2.75, 3.05) is 7.11 Å². The molecular weight excluding hydrogens is 320 g/mol. The number of carbonyl (C=O) groups excluding carboxylic acids is 2. The Balaban J connectivity index is 3.19. The number of aliphatic hydroxyl groups is 1. The number of Topliss-reactive ketones (excluding diaryl/α,β-unsaturated/α-hetero) is 1. The van der Waals surface area contributed by atoms with E-state index >= 15 is 0 Å². The summed E-state index contributed by atoms with van der Waals surface area (Å²) in [6.45, 7) is 6.91. The number of rotatable bonds is 3. The number of hydrogen-bond acceptors (Lipinski definition) is 5. The highest BCUT2D eigenvalue weighted by Gasteiger charge is 2.28. The van der Waals surface area contributed by atoms with Crippen LogP contribution in [0.1, 0.15) is 40.5 Å². The van der Waals surface area contributed by atoms with Gasteiger partial charge in [-0.2, -0.15) is 0 Å². The summed E-state index contributed by atoms with van der Waals surface area (Å²) in [6.07, 6.45) is 8.37. The Bertz CT molecular complexity index is 546. The number of esters is 1. The van der Waals surface area contributed by atoms with Crippen molar-refractivity contribution in [3.63, 3.8) is 0 Å². The zero-order chi connectivity index (χ0) is 19.0. The quantitative estimate of drug-likeness (QED) is 0.626. The molecule has 0 aliphatic carbocycles. The van der Waals surface area contributed by atoms with Crippen molar-refractivity contribution in [1.82, 2.24) is 0 Å². The molecule has 25 heavy (non-hydrogen) atoms. The SMILES string of the molecule is CO[C@H]1/C=C/CC/C=C/C(=O)OC([C@@H](C)C(C)=O)/C(C)=C\[C@H](C)[C@H]1O. The molecule has 140 valence electrons. The van der Waals surface area contributed by atoms with Gasteiger partial charge in [0, 0.05) is 19.1 Å². The summed E-state index contributed by atoms with van der Waals surface area (Å²) in [5.74, 6) is -1.20. The molecule has 0 saturated heterocycles. The van der Waals surface area contributed by atoms with E-state index in [0.717, 1.165) is 12.0 Å². The first-order valence-electron chi connectivity index (χ1n) is 8.71. The lowest BCUT2D eigenvalue weighted by atomic mass is 9.90. The molecule has 0 aromatic heterocycles. The molecule has 1 aliphatic rings. The van der Waals surface area contributed by atoms with Crippen LogP contribution in [0.4, 0.5) is 0 Å². The predicted molar refractivity (Wildman–Crippen MR) is 97.0 cm³/mol. The highest BCUT2D eigenvalue weighted by molar-refractivity contribution is 5.83. The van der Waals surface area contributed by atoms with Crippen LogP contribution >= 0.6 is 0 Å². The molecule has 0 spiro atoms. The Hall–Kier alpha value is -1.72. The van der Waals surface area contributed by atoms with Gasteiger partial charge in [-0.1, -0.05) is 38.2 Å². The zero-order valence-corrected chi connectivity index (χ0v) is 15.8. The Morgan fingerprint density at radius 3 is 2.60 bits per heavy atom. The third-order valence-electron chi connectivity index (χ3n) is 4.54. The minimum atomic E-state index is -0.737. The van der Waals surface area contributed by atoms with Gasteiger partial charge in [-0.15, -0.1) is 0 Å². The minimum absolute atomic E-state index is 0.0541. The zero-order valence-electron chi connectivity index (χ0n) is 15.8. The van der Waals surface area contributed by atoms with Crippen LogP contribution in [-0.2, 0) is 19.1 Å². The summed E-state index contributed by atoms with van der Waals surface area (Å²) < 4.78 is 10.9. The van der Waals surface area contributed by atoms with Crippen LogP contribution in [0.5, 0.6) is 0 Å². The van der Waals surface area contributed by atoms with Crippen LogP contribution in [0.25, 0.3) is 0 Å². The third-order valence-corrected chi connectivity index (χ3v) is 4.54. The van der Waals surface area contributed by atoms with Gasteiger partial charge in [0.1, 0.15) is 18.0 Å². The molecule has 5 atom stereocenters. The molecule has 1 aliphatic heterocycles. The van der Waals surface area contributed by atoms with E-state index in [2.05, 4.69) is 0 Å². The molecule has 0 fully saturated rings. The van der Waals surface area contributed by atoms with Crippen LogP contribution in [0.15, 0.2) is 36.0 Å². The van der Waals surface area contributed by atoms with Gasteiger partial charge in [-0.3, -0.25) is 4.79 Å². The van der Waals surface area contributed by atoms with Crippen LogP contribution < -0.4 is 0 Å². The minimum Gasteiger partial charge on any atom is -0.454 e. The number of ether oxygens (including phenoxy) is 2. The van der Waals surface area contributed by atoms with Gasteiger partial charge < -0.3 is 14.6 Å². The summed E-state index contributed by atoms with van der Waals surface area (Å²) in [7, 11) is 1.56. The van der Waals surface area contributed by atoms with Gasteiger partial charge in [-0.25, -0.2) is 4.79 Å². The maximum absolute atomic E-state index is 12.0. The van der Waals surface area contributed by atoms with E-state index in [1.54, 1.807) is 20.1 Å². The Kier molecular flexibility index (Phi) is 8.79. The summed E-state index contributed by atoms with van der Waals surface area (Å²) >= 11 is 0. The van der Waals surface area contributed by atoms with Crippen molar-refractivity contribution in [3.05, 3.63) is 36.0 Å². The van der Waals surface area contributed by atoms with Gasteiger partial charge in [0.15, 0.2) is 0 Å². The molecule has 0 aromatic rings. The standard InChI is InChI=1S/C20H30O5/c1-13-12-14(2)20(15(3)16(4)21)25-18(22)11-9-7-6-8-10-17(24-5)19(13)23/h8-13,15,17,19-20,23H,6-7H2,1-5H3/b10-8+,11-9+,14-12-/t13-,15-,17-,19+,20?/m0/s1. The van der Waals surface area contributed by atoms with Crippen molar-refractivity contribution >= 4 is 11.8 Å². The third kappa shape index (κ3) is 6.59. The molecule has 0 radical (unpaired) electrons. The first kappa shape index (κ1) is 21.3. The van der Waals surface area contributed by atoms with E-state index in [9.17, 15) is 14.7 Å². The lowest BCUT2D eigenvalue weighted by Crippen LogP contribution is -2.33. The molecule has 1 N–H and O–H groups in total. The van der Waals surface area contributed by atoms with Gasteiger partial charge in [-0.05, 0) is 32.3 Å². The summed E-state index contributed by atoms with van der Waals surface area (Å²) in [6, 6.07) is 0. The molecule has 0 saturated carbocycles. The topological polar surface area (TPSA) is 72.8 Å². The van der Waals surface area contributed by atoms with Gasteiger partial charge in [0.2, 0.25) is 0 Å². The number of cyclic esters (lactones) is 1. The maximum atomic E-state index is 12.0. The number of allylic oxidation sites excluding steroid dienone is 2. The van der Waals surface area contributed by atoms with Crippen molar-refractivity contribution < 1.29 is 24.2 Å². The van der Waals surface area contributed by atoms with Crippen LogP contribution in [0, 0.1) is 11.8 Å². The molecule has 5 nitrogen and oxygen atoms in total. The van der Waals surface area contributed by atoms with E-state index in [1.165, 1.54) is 13.0 Å². The average Bonchev–Trinajstić information content (AvgIpc) is 2.56. The van der Waals surface area contributed by atoms with E-state index in [0.29, 0.717) is 6.42 Å². The van der Waals surface area contributed by atoms with Crippen molar-refractivity contribution in [2.24, 2.45) is 11.8 Å². The van der Waals surface area contributed by atoms with E-state index in [-0.39, 0.29) is 11.7 Å². The smallest absolute Gasteiger partial charge is 0.331 e. The van der Waals surface area contributed by atoms with E-state index < -0.39 is 30.2 Å². The largest absolute Gasteiger partial charge is 0.454 e. The lowest BCUT2D eigenvalue weighted by Gasteiger charge is -2.26. The van der Waals surface area contributed by atoms with Crippen LogP contribution in [0.2, 0.25) is 0 Å². The number of methoxy groups -OCH3 is 1. The van der Waals surface area contributed by atoms with Gasteiger partial charge in [0.25, 0.3) is 0 Å². The average molecular weight is 350 g/mol. The molecule has 1 heterocycles. The van der Waals surface area contributed by atoms with Gasteiger partial charge in [0.05, 0.1) is 12.0 Å². The fraction of sp³-hybridized carbons (Fsp3) is 0.600. The molecule has 1 unspecified atom stereocenters. The molecule has 0 bridgehead atoms. The van der Waals surface area contributed by atoms with Crippen molar-refractivity contribution in [3.8, 4) is 0 Å². The molecule has 5 heteroatoms. The van der Waals surface area contributed by atoms with Crippen molar-refractivity contribution in [1.29, 1.82) is 0 Å². The Morgan fingerprint density at radius 2 is 2.00 bits per heavy atom. The highest BCUT2D eigenvalue weighted by Crippen LogP contribution is 2.22. The highest BCUT2D eigenvalue weighted by atomic mass is 16.5. The Morgan fingerprint density at radius 1 is 1.36 bits per heavy atom. The second kappa shape index (κ2) is 10.3. The second-order valence-electron chi connectivity index (χ2n) is 6.63. The number of ketones is 1. The maximum Gasteiger partial charge on any atom is 0.331 e. The summed E-state index contributed by atoms with van der Waals surface area (Å²) in [4.78, 5) is 23.8. The molecule has 0 aromatic carbocycles. The number of hydrogen-bond donors (Lipinski definition) is 1. The fourth-order valence-electron chi connectivity index (χ4n) is 2.81.